The summed E-state index contributed by atoms with van der Waals surface area (Å²) in [7, 11) is 1.85. The molecule has 0 fully saturated rings. The van der Waals surface area contributed by atoms with Gasteiger partial charge in [0.15, 0.2) is 0 Å². The first-order valence-electron chi connectivity index (χ1n) is 6.17. The summed E-state index contributed by atoms with van der Waals surface area (Å²) in [6.45, 7) is 6.11. The van der Waals surface area contributed by atoms with Crippen LogP contribution in [0.25, 0.3) is 11.4 Å². The van der Waals surface area contributed by atoms with Gasteiger partial charge in [0.1, 0.15) is 10.3 Å². The lowest BCUT2D eigenvalue weighted by atomic mass is 10.1. The maximum absolute atomic E-state index is 12.0. The van der Waals surface area contributed by atoms with Crippen molar-refractivity contribution in [3.63, 3.8) is 0 Å². The number of aromatic nitrogens is 4. The summed E-state index contributed by atoms with van der Waals surface area (Å²) in [5, 5.41) is 4.27. The number of rotatable bonds is 3. The molecule has 6 heteroatoms. The van der Waals surface area contributed by atoms with Gasteiger partial charge in [-0.3, -0.25) is 9.48 Å². The summed E-state index contributed by atoms with van der Waals surface area (Å²) >= 11 is 3.31. The first-order chi connectivity index (χ1) is 8.88. The van der Waals surface area contributed by atoms with Crippen LogP contribution in [0, 0.1) is 12.8 Å². The highest BCUT2D eigenvalue weighted by molar-refractivity contribution is 9.10. The fourth-order valence-corrected chi connectivity index (χ4v) is 2.34. The minimum absolute atomic E-state index is 0.149. The Labute approximate surface area is 120 Å². The summed E-state index contributed by atoms with van der Waals surface area (Å²) in [6, 6.07) is 0. The molecule has 5 nitrogen and oxygen atoms in total. The highest BCUT2D eigenvalue weighted by atomic mass is 79.9. The molecule has 0 aliphatic rings. The van der Waals surface area contributed by atoms with E-state index in [-0.39, 0.29) is 5.56 Å². The predicted molar refractivity (Wildman–Crippen MR) is 78.0 cm³/mol. The first-order valence-corrected chi connectivity index (χ1v) is 6.97. The van der Waals surface area contributed by atoms with Gasteiger partial charge < -0.3 is 4.98 Å². The number of hydrogen-bond acceptors (Lipinski definition) is 3. The van der Waals surface area contributed by atoms with Crippen LogP contribution in [0.5, 0.6) is 0 Å². The highest BCUT2D eigenvalue weighted by Gasteiger charge is 2.14. The molecule has 0 amide bonds. The molecule has 2 rings (SSSR count). The number of aryl methyl sites for hydroxylation is 2. The Bertz CT molecular complexity index is 657. The lowest BCUT2D eigenvalue weighted by Crippen LogP contribution is -2.15. The van der Waals surface area contributed by atoms with E-state index in [4.69, 9.17) is 0 Å². The Morgan fingerprint density at radius 2 is 2.16 bits per heavy atom. The standard InChI is InChI=1S/C13H17BrN4O/c1-7(2)5-10-11(14)13(19)16-12(15-10)9-6-18(4)17-8(9)3/h6-7H,5H2,1-4H3,(H,15,16,19). The Balaban J connectivity index is 2.56. The molecule has 2 aromatic rings. The number of nitrogens with one attached hydrogen (secondary N) is 1. The van der Waals surface area contributed by atoms with Crippen molar-refractivity contribution in [2.45, 2.75) is 27.2 Å². The Kier molecular flexibility index (Phi) is 3.89. The zero-order chi connectivity index (χ0) is 14.2. The molecule has 0 radical (unpaired) electrons. The van der Waals surface area contributed by atoms with Crippen LogP contribution in [0.2, 0.25) is 0 Å². The van der Waals surface area contributed by atoms with Crippen molar-refractivity contribution < 1.29 is 0 Å². The fourth-order valence-electron chi connectivity index (χ4n) is 1.99. The van der Waals surface area contributed by atoms with Crippen LogP contribution in [-0.2, 0) is 13.5 Å². The van der Waals surface area contributed by atoms with Crippen molar-refractivity contribution in [2.75, 3.05) is 0 Å². The smallest absolute Gasteiger partial charge is 0.265 e. The van der Waals surface area contributed by atoms with Crippen molar-refractivity contribution in [3.05, 3.63) is 32.4 Å². The quantitative estimate of drug-likeness (QED) is 0.943. The third kappa shape index (κ3) is 2.94. The number of halogens is 1. The van der Waals surface area contributed by atoms with Gasteiger partial charge in [0, 0.05) is 13.2 Å². The summed E-state index contributed by atoms with van der Waals surface area (Å²) in [5.74, 6) is 1.02. The second-order valence-corrected chi connectivity index (χ2v) is 5.87. The van der Waals surface area contributed by atoms with Gasteiger partial charge in [-0.1, -0.05) is 13.8 Å². The van der Waals surface area contributed by atoms with E-state index in [0.29, 0.717) is 16.2 Å². The van der Waals surface area contributed by atoms with Crippen molar-refractivity contribution in [2.24, 2.45) is 13.0 Å². The van der Waals surface area contributed by atoms with E-state index in [9.17, 15) is 4.79 Å². The molecular formula is C13H17BrN4O. The third-order valence-electron chi connectivity index (χ3n) is 2.80. The predicted octanol–water partition coefficient (Wildman–Crippen LogP) is 2.44. The molecule has 0 unspecified atom stereocenters. The lowest BCUT2D eigenvalue weighted by Gasteiger charge is -2.08. The van der Waals surface area contributed by atoms with E-state index in [2.05, 4.69) is 44.8 Å². The topological polar surface area (TPSA) is 63.6 Å². The van der Waals surface area contributed by atoms with Gasteiger partial charge in [-0.25, -0.2) is 4.98 Å². The molecule has 0 spiro atoms. The first kappa shape index (κ1) is 14.0. The Morgan fingerprint density at radius 3 is 2.68 bits per heavy atom. The molecular weight excluding hydrogens is 308 g/mol. The fraction of sp³-hybridized carbons (Fsp3) is 0.462. The molecule has 102 valence electrons. The number of hydrogen-bond donors (Lipinski definition) is 1. The molecule has 19 heavy (non-hydrogen) atoms. The van der Waals surface area contributed by atoms with E-state index in [1.165, 1.54) is 0 Å². The SMILES string of the molecule is Cc1nn(C)cc1-c1nc(CC(C)C)c(Br)c(=O)[nH]1. The van der Waals surface area contributed by atoms with Crippen molar-refractivity contribution in [3.8, 4) is 11.4 Å². The van der Waals surface area contributed by atoms with Crippen LogP contribution >= 0.6 is 15.9 Å². The molecule has 0 saturated carbocycles. The molecule has 0 aromatic carbocycles. The van der Waals surface area contributed by atoms with E-state index in [1.54, 1.807) is 4.68 Å². The van der Waals surface area contributed by atoms with Gasteiger partial charge in [0.05, 0.1) is 17.0 Å². The van der Waals surface area contributed by atoms with E-state index < -0.39 is 0 Å². The molecule has 0 atom stereocenters. The van der Waals surface area contributed by atoms with Crippen LogP contribution in [-0.4, -0.2) is 19.7 Å². The average Bonchev–Trinajstić information content (AvgIpc) is 2.63. The molecule has 1 N–H and O–H groups in total. The summed E-state index contributed by atoms with van der Waals surface area (Å²) < 4.78 is 2.24. The molecule has 2 heterocycles. The number of H-pyrrole nitrogens is 1. The average molecular weight is 325 g/mol. The van der Waals surface area contributed by atoms with Gasteiger partial charge >= 0.3 is 0 Å². The van der Waals surface area contributed by atoms with Crippen LogP contribution in [0.15, 0.2) is 15.5 Å². The number of aromatic amines is 1. The van der Waals surface area contributed by atoms with Crippen LogP contribution < -0.4 is 5.56 Å². The number of nitrogens with zero attached hydrogens (tertiary/aromatic N) is 3. The summed E-state index contributed by atoms with van der Waals surface area (Å²) in [4.78, 5) is 19.3. The van der Waals surface area contributed by atoms with Gasteiger partial charge in [0.25, 0.3) is 5.56 Å². The maximum Gasteiger partial charge on any atom is 0.265 e. The molecule has 0 saturated heterocycles. The minimum atomic E-state index is -0.149. The normalized spacial score (nSPS) is 11.3. The molecule has 0 aliphatic carbocycles. The summed E-state index contributed by atoms with van der Waals surface area (Å²) in [6.07, 6.45) is 2.62. The minimum Gasteiger partial charge on any atom is -0.305 e. The van der Waals surface area contributed by atoms with E-state index >= 15 is 0 Å². The van der Waals surface area contributed by atoms with Crippen LogP contribution in [0.1, 0.15) is 25.2 Å². The summed E-state index contributed by atoms with van der Waals surface area (Å²) in [5.41, 5.74) is 2.35. The van der Waals surface area contributed by atoms with Crippen molar-refractivity contribution >= 4 is 15.9 Å². The largest absolute Gasteiger partial charge is 0.305 e. The van der Waals surface area contributed by atoms with Crippen molar-refractivity contribution in [1.82, 2.24) is 19.7 Å². The zero-order valence-electron chi connectivity index (χ0n) is 11.5. The molecule has 0 aliphatic heterocycles. The van der Waals surface area contributed by atoms with Gasteiger partial charge in [0.2, 0.25) is 0 Å². The van der Waals surface area contributed by atoms with Gasteiger partial charge in [-0.15, -0.1) is 0 Å². The zero-order valence-corrected chi connectivity index (χ0v) is 13.1. The monoisotopic (exact) mass is 324 g/mol. The second-order valence-electron chi connectivity index (χ2n) is 5.08. The van der Waals surface area contributed by atoms with Gasteiger partial charge in [-0.2, -0.15) is 5.10 Å². The van der Waals surface area contributed by atoms with E-state index in [1.807, 2.05) is 20.2 Å². The van der Waals surface area contributed by atoms with Gasteiger partial charge in [-0.05, 0) is 35.2 Å². The van der Waals surface area contributed by atoms with Crippen LogP contribution in [0.3, 0.4) is 0 Å². The Hall–Kier alpha value is -1.43. The molecule has 2 aromatic heterocycles. The lowest BCUT2D eigenvalue weighted by molar-refractivity contribution is 0.631. The second kappa shape index (κ2) is 5.28. The van der Waals surface area contributed by atoms with Crippen molar-refractivity contribution in [1.29, 1.82) is 0 Å². The Morgan fingerprint density at radius 1 is 1.47 bits per heavy atom. The maximum atomic E-state index is 12.0. The van der Waals surface area contributed by atoms with E-state index in [0.717, 1.165) is 23.4 Å². The highest BCUT2D eigenvalue weighted by Crippen LogP contribution is 2.21. The van der Waals surface area contributed by atoms with Crippen LogP contribution in [0.4, 0.5) is 0 Å². The third-order valence-corrected chi connectivity index (χ3v) is 3.62. The molecule has 0 bridgehead atoms.